The highest BCUT2D eigenvalue weighted by Gasteiger charge is 2.21. The highest BCUT2D eigenvalue weighted by molar-refractivity contribution is 5.98. The molecule has 0 fully saturated rings. The Morgan fingerprint density at radius 3 is 2.28 bits per heavy atom. The van der Waals surface area contributed by atoms with Crippen molar-refractivity contribution in [1.29, 1.82) is 0 Å². The second-order valence-electron chi connectivity index (χ2n) is 6.86. The van der Waals surface area contributed by atoms with E-state index in [1.165, 1.54) is 25.3 Å². The minimum absolute atomic E-state index is 0.123. The van der Waals surface area contributed by atoms with Gasteiger partial charge in [-0.2, -0.15) is 0 Å². The molecule has 9 nitrogen and oxygen atoms in total. The van der Waals surface area contributed by atoms with Crippen LogP contribution in [0.1, 0.15) is 64.2 Å². The fraction of sp³-hybridized carbons (Fsp3) is 0.600. The van der Waals surface area contributed by atoms with Crippen molar-refractivity contribution in [1.82, 2.24) is 5.32 Å². The lowest BCUT2D eigenvalue weighted by molar-refractivity contribution is -0.384. The van der Waals surface area contributed by atoms with Crippen LogP contribution < -0.4 is 10.6 Å². The summed E-state index contributed by atoms with van der Waals surface area (Å²) in [5.41, 5.74) is -0.431. The third-order valence-electron chi connectivity index (χ3n) is 3.47. The molecule has 0 atom stereocenters. The summed E-state index contributed by atoms with van der Waals surface area (Å²) in [7, 11) is 1.22. The smallest absolute Gasteiger partial charge is 0.407 e. The first-order chi connectivity index (χ1) is 13.7. The van der Waals surface area contributed by atoms with Crippen molar-refractivity contribution in [3.8, 4) is 0 Å². The minimum atomic E-state index is -0.636. The second kappa shape index (κ2) is 13.4. The Hall–Kier alpha value is -2.84. The molecule has 29 heavy (non-hydrogen) atoms. The van der Waals surface area contributed by atoms with Crippen LogP contribution in [-0.4, -0.2) is 42.8 Å². The van der Waals surface area contributed by atoms with Crippen molar-refractivity contribution in [3.63, 3.8) is 0 Å². The van der Waals surface area contributed by atoms with Gasteiger partial charge in [-0.3, -0.25) is 10.1 Å². The highest BCUT2D eigenvalue weighted by atomic mass is 16.6. The van der Waals surface area contributed by atoms with Crippen LogP contribution in [0.25, 0.3) is 0 Å². The van der Waals surface area contributed by atoms with Gasteiger partial charge in [0.25, 0.3) is 5.69 Å². The van der Waals surface area contributed by atoms with E-state index in [2.05, 4.69) is 15.4 Å². The number of methoxy groups -OCH3 is 1. The van der Waals surface area contributed by atoms with Crippen LogP contribution in [0.4, 0.5) is 16.2 Å². The Kier molecular flexibility index (Phi) is 12.0. The predicted octanol–water partition coefficient (Wildman–Crippen LogP) is 4.51. The summed E-state index contributed by atoms with van der Waals surface area (Å²) in [6, 6.07) is 4.25. The first-order valence-corrected chi connectivity index (χ1v) is 9.72. The summed E-state index contributed by atoms with van der Waals surface area (Å²) >= 11 is 0. The summed E-state index contributed by atoms with van der Waals surface area (Å²) in [6.45, 7) is 10.3. The predicted molar refractivity (Wildman–Crippen MR) is 112 cm³/mol. The number of nitro benzene ring substituents is 1. The molecule has 9 heteroatoms. The molecule has 0 aliphatic rings. The number of carbonyl (C=O) groups is 2. The Balaban J connectivity index is 0.00000379. The molecule has 0 bridgehead atoms. The lowest BCUT2D eigenvalue weighted by Gasteiger charge is -2.19. The lowest BCUT2D eigenvalue weighted by atomic mass is 10.1. The molecule has 1 aromatic rings. The molecule has 1 amide bonds. The Morgan fingerprint density at radius 1 is 1.10 bits per heavy atom. The van der Waals surface area contributed by atoms with Gasteiger partial charge in [0.2, 0.25) is 0 Å². The van der Waals surface area contributed by atoms with E-state index in [9.17, 15) is 19.7 Å². The molecule has 0 aliphatic heterocycles. The Bertz CT molecular complexity index is 671. The number of nitrogens with zero attached hydrogens (tertiary/aromatic N) is 1. The van der Waals surface area contributed by atoms with Crippen LogP contribution in [0.15, 0.2) is 18.2 Å². The number of unbranched alkanes of at least 4 members (excludes halogenated alkanes) is 2. The molecule has 0 unspecified atom stereocenters. The number of esters is 1. The van der Waals surface area contributed by atoms with Crippen LogP contribution >= 0.6 is 0 Å². The minimum Gasteiger partial charge on any atom is -0.465 e. The van der Waals surface area contributed by atoms with Gasteiger partial charge in [-0.15, -0.1) is 0 Å². The molecule has 1 rings (SSSR count). The maximum Gasteiger partial charge on any atom is 0.407 e. The van der Waals surface area contributed by atoms with E-state index in [1.54, 1.807) is 20.8 Å². The molecule has 0 aliphatic carbocycles. The van der Waals surface area contributed by atoms with Gasteiger partial charge in [-0.05, 0) is 46.1 Å². The monoisotopic (exact) mass is 411 g/mol. The van der Waals surface area contributed by atoms with Crippen LogP contribution in [0.3, 0.4) is 0 Å². The maximum absolute atomic E-state index is 11.8. The molecule has 0 heterocycles. The van der Waals surface area contributed by atoms with E-state index in [1.807, 2.05) is 13.8 Å². The zero-order valence-electron chi connectivity index (χ0n) is 18.2. The molecular formula is C20H33N3O6. The van der Waals surface area contributed by atoms with Gasteiger partial charge in [-0.25, -0.2) is 9.59 Å². The number of nitrogens with one attached hydrogen (secondary N) is 2. The Morgan fingerprint density at radius 2 is 1.72 bits per heavy atom. The number of hydrogen-bond acceptors (Lipinski definition) is 7. The fourth-order valence-electron chi connectivity index (χ4n) is 2.30. The van der Waals surface area contributed by atoms with E-state index < -0.39 is 22.6 Å². The third kappa shape index (κ3) is 10.3. The molecular weight excluding hydrogens is 378 g/mol. The van der Waals surface area contributed by atoms with Crippen molar-refractivity contribution < 1.29 is 24.0 Å². The van der Waals surface area contributed by atoms with Crippen LogP contribution in [0.5, 0.6) is 0 Å². The van der Waals surface area contributed by atoms with Gasteiger partial charge in [-0.1, -0.05) is 19.9 Å². The number of benzene rings is 1. The molecule has 0 radical (unpaired) electrons. The number of nitro groups is 1. The number of anilines is 1. The largest absolute Gasteiger partial charge is 0.465 e. The van der Waals surface area contributed by atoms with Crippen LogP contribution in [0.2, 0.25) is 0 Å². The number of rotatable bonds is 9. The number of carbonyl (C=O) groups excluding carboxylic acids is 2. The topological polar surface area (TPSA) is 120 Å². The lowest BCUT2D eigenvalue weighted by Crippen LogP contribution is -2.33. The number of para-hydroxylation sites is 1. The normalized spacial score (nSPS) is 10.3. The van der Waals surface area contributed by atoms with Crippen LogP contribution in [-0.2, 0) is 9.47 Å². The molecule has 0 spiro atoms. The molecule has 2 N–H and O–H groups in total. The molecule has 164 valence electrons. The second-order valence-corrected chi connectivity index (χ2v) is 6.86. The van der Waals surface area contributed by atoms with Gasteiger partial charge in [0.05, 0.1) is 17.6 Å². The highest BCUT2D eigenvalue weighted by Crippen LogP contribution is 2.28. The van der Waals surface area contributed by atoms with Crippen molar-refractivity contribution in [2.75, 3.05) is 25.5 Å². The van der Waals surface area contributed by atoms with E-state index >= 15 is 0 Å². The van der Waals surface area contributed by atoms with Gasteiger partial charge in [0, 0.05) is 19.2 Å². The summed E-state index contributed by atoms with van der Waals surface area (Å²) < 4.78 is 9.81. The fourth-order valence-corrected chi connectivity index (χ4v) is 2.30. The average Bonchev–Trinajstić information content (AvgIpc) is 2.66. The number of alkyl carbamates (subject to hydrolysis) is 1. The molecule has 0 saturated heterocycles. The average molecular weight is 411 g/mol. The maximum atomic E-state index is 11.8. The third-order valence-corrected chi connectivity index (χ3v) is 3.47. The molecule has 0 aromatic heterocycles. The first kappa shape index (κ1) is 26.2. The van der Waals surface area contributed by atoms with Crippen molar-refractivity contribution in [3.05, 3.63) is 33.9 Å². The number of amides is 1. The van der Waals surface area contributed by atoms with Gasteiger partial charge in [0.1, 0.15) is 11.3 Å². The quantitative estimate of drug-likeness (QED) is 0.265. The zero-order chi connectivity index (χ0) is 22.4. The Labute approximate surface area is 172 Å². The van der Waals surface area contributed by atoms with Crippen molar-refractivity contribution >= 4 is 23.4 Å². The van der Waals surface area contributed by atoms with Crippen molar-refractivity contribution in [2.45, 2.75) is 59.5 Å². The summed E-state index contributed by atoms with van der Waals surface area (Å²) in [5, 5.41) is 16.8. The molecule has 1 aromatic carbocycles. The van der Waals surface area contributed by atoms with E-state index in [0.29, 0.717) is 19.5 Å². The summed E-state index contributed by atoms with van der Waals surface area (Å²) in [6.07, 6.45) is 1.78. The van der Waals surface area contributed by atoms with Crippen LogP contribution in [0, 0.1) is 10.1 Å². The summed E-state index contributed by atoms with van der Waals surface area (Å²) in [4.78, 5) is 34.0. The van der Waals surface area contributed by atoms with Crippen molar-refractivity contribution in [2.24, 2.45) is 0 Å². The molecule has 0 saturated carbocycles. The SMILES string of the molecule is CC.COC(=O)c1cccc([N+](=O)[O-])c1NCCCCCNC(=O)OC(C)(C)C. The van der Waals surface area contributed by atoms with E-state index in [4.69, 9.17) is 4.74 Å². The first-order valence-electron chi connectivity index (χ1n) is 9.72. The van der Waals surface area contributed by atoms with Gasteiger partial charge >= 0.3 is 12.1 Å². The van der Waals surface area contributed by atoms with Gasteiger partial charge in [0.15, 0.2) is 0 Å². The zero-order valence-corrected chi connectivity index (χ0v) is 18.2. The summed E-state index contributed by atoms with van der Waals surface area (Å²) in [5.74, 6) is -0.636. The number of ether oxygens (including phenoxy) is 2. The van der Waals surface area contributed by atoms with Gasteiger partial charge < -0.3 is 20.1 Å². The van der Waals surface area contributed by atoms with E-state index in [-0.39, 0.29) is 16.9 Å². The standard InChI is InChI=1S/C18H27N3O6.C2H6/c1-18(2,3)27-17(23)20-12-7-5-6-11-19-15-13(16(22)26-4)9-8-10-14(15)21(24)25;1-2/h8-10,19H,5-7,11-12H2,1-4H3,(H,20,23);1-2H3. The number of hydrogen-bond donors (Lipinski definition) is 2. The van der Waals surface area contributed by atoms with E-state index in [0.717, 1.165) is 12.8 Å².